The highest BCUT2D eigenvalue weighted by Gasteiger charge is 2.14. The molecule has 0 spiro atoms. The maximum absolute atomic E-state index is 12.1. The van der Waals surface area contributed by atoms with Crippen molar-refractivity contribution >= 4 is 29.3 Å². The smallest absolute Gasteiger partial charge is 0.271 e. The second-order valence-corrected chi connectivity index (χ2v) is 7.72. The van der Waals surface area contributed by atoms with Crippen LogP contribution in [-0.2, 0) is 10.2 Å². The second kappa shape index (κ2) is 9.37. The van der Waals surface area contributed by atoms with Crippen molar-refractivity contribution in [2.24, 2.45) is 0 Å². The van der Waals surface area contributed by atoms with Gasteiger partial charge in [0, 0.05) is 18.5 Å². The lowest BCUT2D eigenvalue weighted by Crippen LogP contribution is -2.42. The minimum absolute atomic E-state index is 0.0154. The largest absolute Gasteiger partial charge is 0.352 e. The van der Waals surface area contributed by atoms with E-state index in [1.807, 2.05) is 12.1 Å². The summed E-state index contributed by atoms with van der Waals surface area (Å²) >= 11 is 5.92. The van der Waals surface area contributed by atoms with E-state index in [2.05, 4.69) is 36.9 Å². The molecule has 0 aliphatic carbocycles. The van der Waals surface area contributed by atoms with Gasteiger partial charge in [0.1, 0.15) is 0 Å². The molecule has 0 aliphatic rings. The number of halogens is 1. The van der Waals surface area contributed by atoms with Gasteiger partial charge in [0.2, 0.25) is 5.91 Å². The maximum atomic E-state index is 12.1. The van der Waals surface area contributed by atoms with Crippen molar-refractivity contribution < 1.29 is 14.4 Å². The molecule has 28 heavy (non-hydrogen) atoms. The van der Waals surface area contributed by atoms with Crippen molar-refractivity contribution in [3.63, 3.8) is 0 Å². The van der Waals surface area contributed by atoms with E-state index in [0.717, 1.165) is 5.56 Å². The summed E-state index contributed by atoms with van der Waals surface area (Å²) < 4.78 is 0. The summed E-state index contributed by atoms with van der Waals surface area (Å²) in [7, 11) is 0. The number of amides is 3. The highest BCUT2D eigenvalue weighted by molar-refractivity contribution is 6.33. The van der Waals surface area contributed by atoms with Gasteiger partial charge in [-0.2, -0.15) is 0 Å². The molecular formula is C21H24ClN3O3. The zero-order valence-corrected chi connectivity index (χ0v) is 16.9. The number of hydrogen-bond donors (Lipinski definition) is 3. The standard InChI is InChI=1S/C21H24ClN3O3/c1-21(2,3)15-10-8-14(9-11-15)19(27)23-13-12-18(26)24-25-20(28)16-6-4-5-7-17(16)22/h4-11H,12-13H2,1-3H3,(H,23,27)(H,24,26)(H,25,28). The highest BCUT2D eigenvalue weighted by atomic mass is 35.5. The lowest BCUT2D eigenvalue weighted by Gasteiger charge is -2.19. The SMILES string of the molecule is CC(C)(C)c1ccc(C(=O)NCCC(=O)NNC(=O)c2ccccc2Cl)cc1. The number of carbonyl (C=O) groups is 3. The average Bonchev–Trinajstić information content (AvgIpc) is 2.66. The van der Waals surface area contributed by atoms with Crippen molar-refractivity contribution in [2.45, 2.75) is 32.6 Å². The molecule has 0 radical (unpaired) electrons. The Morgan fingerprint density at radius 3 is 2.14 bits per heavy atom. The number of hydrogen-bond acceptors (Lipinski definition) is 3. The monoisotopic (exact) mass is 401 g/mol. The van der Waals surface area contributed by atoms with Crippen LogP contribution in [0.25, 0.3) is 0 Å². The highest BCUT2D eigenvalue weighted by Crippen LogP contribution is 2.22. The molecule has 0 saturated carbocycles. The summed E-state index contributed by atoms with van der Waals surface area (Å²) in [5, 5.41) is 2.97. The van der Waals surface area contributed by atoms with Crippen LogP contribution in [-0.4, -0.2) is 24.3 Å². The zero-order valence-electron chi connectivity index (χ0n) is 16.1. The van der Waals surface area contributed by atoms with Crippen molar-refractivity contribution in [2.75, 3.05) is 6.54 Å². The van der Waals surface area contributed by atoms with Gasteiger partial charge in [0.25, 0.3) is 11.8 Å². The van der Waals surface area contributed by atoms with Gasteiger partial charge in [0.05, 0.1) is 10.6 Å². The predicted octanol–water partition coefficient (Wildman–Crippen LogP) is 3.22. The normalized spacial score (nSPS) is 10.9. The first kappa shape index (κ1) is 21.4. The summed E-state index contributed by atoms with van der Waals surface area (Å²) in [6.45, 7) is 6.45. The Balaban J connectivity index is 1.75. The Hall–Kier alpha value is -2.86. The van der Waals surface area contributed by atoms with Gasteiger partial charge in [-0.15, -0.1) is 0 Å². The van der Waals surface area contributed by atoms with E-state index in [4.69, 9.17) is 11.6 Å². The maximum Gasteiger partial charge on any atom is 0.271 e. The Morgan fingerprint density at radius 2 is 1.54 bits per heavy atom. The molecule has 3 N–H and O–H groups in total. The fourth-order valence-corrected chi connectivity index (χ4v) is 2.64. The van der Waals surface area contributed by atoms with Crippen molar-refractivity contribution in [3.05, 3.63) is 70.2 Å². The number of hydrazine groups is 1. The molecule has 7 heteroatoms. The molecule has 0 aromatic heterocycles. The van der Waals surface area contributed by atoms with Crippen LogP contribution in [0.15, 0.2) is 48.5 Å². The van der Waals surface area contributed by atoms with Gasteiger partial charge in [-0.25, -0.2) is 0 Å². The molecule has 0 atom stereocenters. The molecule has 2 aromatic carbocycles. The van der Waals surface area contributed by atoms with E-state index in [0.29, 0.717) is 10.6 Å². The van der Waals surface area contributed by atoms with Crippen molar-refractivity contribution in [3.8, 4) is 0 Å². The first-order valence-electron chi connectivity index (χ1n) is 8.91. The van der Waals surface area contributed by atoms with Crippen molar-refractivity contribution in [1.82, 2.24) is 16.2 Å². The molecule has 0 aliphatic heterocycles. The Bertz CT molecular complexity index is 858. The summed E-state index contributed by atoms with van der Waals surface area (Å²) in [5.74, 6) is -1.20. The van der Waals surface area contributed by atoms with Crippen LogP contribution in [0.4, 0.5) is 0 Å². The Labute approximate surface area is 169 Å². The number of nitrogens with one attached hydrogen (secondary N) is 3. The molecule has 0 saturated heterocycles. The van der Waals surface area contributed by atoms with Crippen LogP contribution >= 0.6 is 11.6 Å². The van der Waals surface area contributed by atoms with Crippen LogP contribution in [0.2, 0.25) is 5.02 Å². The van der Waals surface area contributed by atoms with Gasteiger partial charge < -0.3 is 5.32 Å². The van der Waals surface area contributed by atoms with Crippen LogP contribution in [0.3, 0.4) is 0 Å². The Kier molecular flexibility index (Phi) is 7.18. The van der Waals surface area contributed by atoms with Crippen molar-refractivity contribution in [1.29, 1.82) is 0 Å². The lowest BCUT2D eigenvalue weighted by atomic mass is 9.87. The lowest BCUT2D eigenvalue weighted by molar-refractivity contribution is -0.121. The van der Waals surface area contributed by atoms with E-state index in [1.165, 1.54) is 0 Å². The Morgan fingerprint density at radius 1 is 0.893 bits per heavy atom. The predicted molar refractivity (Wildman–Crippen MR) is 109 cm³/mol. The van der Waals surface area contributed by atoms with E-state index >= 15 is 0 Å². The first-order chi connectivity index (χ1) is 13.2. The molecule has 6 nitrogen and oxygen atoms in total. The van der Waals surface area contributed by atoms with E-state index < -0.39 is 11.8 Å². The molecule has 3 amide bonds. The summed E-state index contributed by atoms with van der Waals surface area (Å²) in [6.07, 6.45) is 0.0224. The van der Waals surface area contributed by atoms with Gasteiger partial charge in [0.15, 0.2) is 0 Å². The van der Waals surface area contributed by atoms with Gasteiger partial charge in [-0.05, 0) is 35.2 Å². The van der Waals surface area contributed by atoms with Gasteiger partial charge in [-0.3, -0.25) is 25.2 Å². The topological polar surface area (TPSA) is 87.3 Å². The van der Waals surface area contributed by atoms with Crippen LogP contribution < -0.4 is 16.2 Å². The molecule has 148 valence electrons. The molecule has 2 rings (SSSR count). The third kappa shape index (κ3) is 6.09. The number of benzene rings is 2. The van der Waals surface area contributed by atoms with Gasteiger partial charge in [-0.1, -0.05) is 56.6 Å². The summed E-state index contributed by atoms with van der Waals surface area (Å²) in [5.41, 5.74) is 6.53. The quantitative estimate of drug-likeness (QED) is 0.672. The third-order valence-corrected chi connectivity index (χ3v) is 4.41. The fourth-order valence-electron chi connectivity index (χ4n) is 2.41. The van der Waals surface area contributed by atoms with Crippen LogP contribution in [0.1, 0.15) is 53.5 Å². The van der Waals surface area contributed by atoms with E-state index in [9.17, 15) is 14.4 Å². The van der Waals surface area contributed by atoms with Crippen LogP contribution in [0, 0.1) is 0 Å². The average molecular weight is 402 g/mol. The molecular weight excluding hydrogens is 378 g/mol. The summed E-state index contributed by atoms with van der Waals surface area (Å²) in [6, 6.07) is 13.9. The van der Waals surface area contributed by atoms with E-state index in [1.54, 1.807) is 36.4 Å². The fraction of sp³-hybridized carbons (Fsp3) is 0.286. The zero-order chi connectivity index (χ0) is 20.7. The second-order valence-electron chi connectivity index (χ2n) is 7.32. The minimum Gasteiger partial charge on any atom is -0.352 e. The summed E-state index contributed by atoms with van der Waals surface area (Å²) in [4.78, 5) is 35.9. The molecule has 0 heterocycles. The molecule has 0 fully saturated rings. The third-order valence-electron chi connectivity index (χ3n) is 4.08. The molecule has 0 unspecified atom stereocenters. The van der Waals surface area contributed by atoms with Crippen LogP contribution in [0.5, 0.6) is 0 Å². The number of rotatable bonds is 5. The first-order valence-corrected chi connectivity index (χ1v) is 9.29. The van der Waals surface area contributed by atoms with E-state index in [-0.39, 0.29) is 29.9 Å². The minimum atomic E-state index is -0.512. The molecule has 2 aromatic rings. The number of carbonyl (C=O) groups excluding carboxylic acids is 3. The molecule has 0 bridgehead atoms. The van der Waals surface area contributed by atoms with Gasteiger partial charge >= 0.3 is 0 Å².